The topological polar surface area (TPSA) is 104 Å². The number of nitrogens with two attached hydrogens (primary N) is 1. The van der Waals surface area contributed by atoms with Crippen LogP contribution in [0, 0.1) is 12.7 Å². The highest BCUT2D eigenvalue weighted by Crippen LogP contribution is 2.43. The van der Waals surface area contributed by atoms with Crippen LogP contribution in [0.4, 0.5) is 15.9 Å². The molecule has 5 rings (SSSR count). The highest BCUT2D eigenvalue weighted by atomic mass is 19.1. The SMILES string of the molecule is CNc1ccc(-c2c(-c3ccc(Oc4nccc(C)n4)cc3F)c3c(N)ncnc3n2C)cc1. The second-order valence-corrected chi connectivity index (χ2v) is 7.79. The van der Waals surface area contributed by atoms with Crippen molar-refractivity contribution in [1.82, 2.24) is 24.5 Å². The molecule has 0 fully saturated rings. The number of hydrogen-bond acceptors (Lipinski definition) is 7. The van der Waals surface area contributed by atoms with Crippen molar-refractivity contribution in [3.8, 4) is 34.1 Å². The number of nitrogens with zero attached hydrogens (tertiary/aromatic N) is 5. The lowest BCUT2D eigenvalue weighted by molar-refractivity contribution is 0.436. The van der Waals surface area contributed by atoms with Gasteiger partial charge in [-0.15, -0.1) is 0 Å². The van der Waals surface area contributed by atoms with Gasteiger partial charge in [0.1, 0.15) is 29.4 Å². The van der Waals surface area contributed by atoms with E-state index in [1.807, 2.05) is 49.9 Å². The third kappa shape index (κ3) is 3.66. The molecule has 0 atom stereocenters. The van der Waals surface area contributed by atoms with Gasteiger partial charge in [-0.25, -0.2) is 24.3 Å². The van der Waals surface area contributed by atoms with E-state index in [0.29, 0.717) is 22.2 Å². The van der Waals surface area contributed by atoms with Crippen molar-refractivity contribution in [1.29, 1.82) is 0 Å². The molecule has 34 heavy (non-hydrogen) atoms. The van der Waals surface area contributed by atoms with Crippen LogP contribution in [0.1, 0.15) is 5.69 Å². The predicted molar refractivity (Wildman–Crippen MR) is 130 cm³/mol. The highest BCUT2D eigenvalue weighted by molar-refractivity contribution is 6.07. The van der Waals surface area contributed by atoms with Gasteiger partial charge in [0.2, 0.25) is 0 Å². The summed E-state index contributed by atoms with van der Waals surface area (Å²) >= 11 is 0. The highest BCUT2D eigenvalue weighted by Gasteiger charge is 2.24. The Morgan fingerprint density at radius 1 is 1.03 bits per heavy atom. The molecule has 0 saturated heterocycles. The Labute approximate surface area is 195 Å². The van der Waals surface area contributed by atoms with Gasteiger partial charge in [0, 0.05) is 48.9 Å². The summed E-state index contributed by atoms with van der Waals surface area (Å²) in [6.07, 6.45) is 3.00. The number of nitrogens with one attached hydrogen (secondary N) is 1. The van der Waals surface area contributed by atoms with Gasteiger partial charge >= 0.3 is 6.01 Å². The minimum Gasteiger partial charge on any atom is -0.424 e. The summed E-state index contributed by atoms with van der Waals surface area (Å²) in [5.41, 5.74) is 11.2. The van der Waals surface area contributed by atoms with E-state index < -0.39 is 5.82 Å². The Balaban J connectivity index is 1.68. The van der Waals surface area contributed by atoms with Crippen LogP contribution in [0.3, 0.4) is 0 Å². The number of hydrogen-bond donors (Lipinski definition) is 2. The van der Waals surface area contributed by atoms with Crippen molar-refractivity contribution in [3.05, 3.63) is 72.6 Å². The zero-order chi connectivity index (χ0) is 23.8. The third-order valence-corrected chi connectivity index (χ3v) is 5.64. The number of rotatable bonds is 5. The Morgan fingerprint density at radius 3 is 2.53 bits per heavy atom. The quantitative estimate of drug-likeness (QED) is 0.386. The van der Waals surface area contributed by atoms with Crippen LogP contribution in [0.2, 0.25) is 0 Å². The normalized spacial score (nSPS) is 11.1. The molecule has 0 aliphatic carbocycles. The van der Waals surface area contributed by atoms with Crippen LogP contribution in [-0.4, -0.2) is 31.6 Å². The van der Waals surface area contributed by atoms with Crippen LogP contribution in [0.15, 0.2) is 61.1 Å². The number of aromatic nitrogens is 5. The first-order valence-electron chi connectivity index (χ1n) is 10.6. The third-order valence-electron chi connectivity index (χ3n) is 5.64. The first kappa shape index (κ1) is 21.3. The van der Waals surface area contributed by atoms with Gasteiger partial charge < -0.3 is 20.4 Å². The van der Waals surface area contributed by atoms with E-state index in [-0.39, 0.29) is 17.6 Å². The first-order valence-corrected chi connectivity index (χ1v) is 10.6. The van der Waals surface area contributed by atoms with Crippen molar-refractivity contribution >= 4 is 22.5 Å². The molecular weight excluding hydrogens is 433 g/mol. The molecule has 0 radical (unpaired) electrons. The van der Waals surface area contributed by atoms with Crippen molar-refractivity contribution in [2.75, 3.05) is 18.1 Å². The molecule has 2 aromatic carbocycles. The van der Waals surface area contributed by atoms with E-state index in [2.05, 4.69) is 25.3 Å². The Kier molecular flexibility index (Phi) is 5.29. The van der Waals surface area contributed by atoms with Crippen LogP contribution in [0.25, 0.3) is 33.4 Å². The molecule has 0 aliphatic heterocycles. The van der Waals surface area contributed by atoms with Crippen molar-refractivity contribution < 1.29 is 9.13 Å². The molecule has 0 spiro atoms. The fourth-order valence-electron chi connectivity index (χ4n) is 4.01. The zero-order valence-corrected chi connectivity index (χ0v) is 18.9. The average Bonchev–Trinajstić information content (AvgIpc) is 3.13. The minimum absolute atomic E-state index is 0.153. The smallest absolute Gasteiger partial charge is 0.322 e. The number of ether oxygens (including phenoxy) is 1. The van der Waals surface area contributed by atoms with Crippen LogP contribution >= 0.6 is 0 Å². The van der Waals surface area contributed by atoms with Crippen LogP contribution in [0.5, 0.6) is 11.8 Å². The molecule has 3 aromatic heterocycles. The molecular formula is C25H22FN7O. The summed E-state index contributed by atoms with van der Waals surface area (Å²) in [6, 6.07) is 14.4. The zero-order valence-electron chi connectivity index (χ0n) is 18.9. The maximum absolute atomic E-state index is 15.6. The number of fused-ring (bicyclic) bond motifs is 1. The Hall–Kier alpha value is -4.53. The lowest BCUT2D eigenvalue weighted by Gasteiger charge is -2.12. The van der Waals surface area contributed by atoms with Crippen LogP contribution in [-0.2, 0) is 7.05 Å². The summed E-state index contributed by atoms with van der Waals surface area (Å²) in [5.74, 6) is 0.0896. The predicted octanol–water partition coefficient (Wildman–Crippen LogP) is 4.96. The molecule has 0 saturated carbocycles. The van der Waals surface area contributed by atoms with E-state index in [1.165, 1.54) is 12.4 Å². The fraction of sp³-hybridized carbons (Fsp3) is 0.120. The maximum atomic E-state index is 15.6. The molecule has 0 aliphatic rings. The average molecular weight is 455 g/mol. The molecule has 5 aromatic rings. The standard InChI is InChI=1S/C25H22FN7O/c1-14-10-11-29-25(32-14)34-17-8-9-18(19(26)12-17)20-21-23(27)30-13-31-24(21)33(3)22(20)15-4-6-16(28-2)7-5-15/h4-13,28H,1-3H3,(H2,27,30,31). The number of aryl methyl sites for hydroxylation is 2. The van der Waals surface area contributed by atoms with E-state index in [9.17, 15) is 0 Å². The Morgan fingerprint density at radius 2 is 1.82 bits per heavy atom. The van der Waals surface area contributed by atoms with Crippen molar-refractivity contribution in [2.45, 2.75) is 6.92 Å². The second kappa shape index (κ2) is 8.43. The largest absolute Gasteiger partial charge is 0.424 e. The summed E-state index contributed by atoms with van der Waals surface area (Å²) in [5, 5.41) is 3.70. The summed E-state index contributed by atoms with van der Waals surface area (Å²) in [6.45, 7) is 1.83. The number of nitrogen functional groups attached to an aromatic ring is 1. The lowest BCUT2D eigenvalue weighted by atomic mass is 9.98. The molecule has 0 amide bonds. The van der Waals surface area contributed by atoms with E-state index in [4.69, 9.17) is 10.5 Å². The van der Waals surface area contributed by atoms with Gasteiger partial charge in [0.25, 0.3) is 0 Å². The number of halogens is 1. The summed E-state index contributed by atoms with van der Waals surface area (Å²) < 4.78 is 23.1. The summed E-state index contributed by atoms with van der Waals surface area (Å²) in [4.78, 5) is 16.9. The number of anilines is 2. The number of benzene rings is 2. The van der Waals surface area contributed by atoms with Gasteiger partial charge in [-0.2, -0.15) is 0 Å². The van der Waals surface area contributed by atoms with E-state index in [1.54, 1.807) is 24.4 Å². The molecule has 0 unspecified atom stereocenters. The monoisotopic (exact) mass is 455 g/mol. The first-order chi connectivity index (χ1) is 16.5. The molecule has 0 bridgehead atoms. The molecule has 170 valence electrons. The van der Waals surface area contributed by atoms with Crippen molar-refractivity contribution in [2.24, 2.45) is 7.05 Å². The van der Waals surface area contributed by atoms with Crippen LogP contribution < -0.4 is 15.8 Å². The van der Waals surface area contributed by atoms with Gasteiger partial charge in [-0.1, -0.05) is 12.1 Å². The van der Waals surface area contributed by atoms with Gasteiger partial charge in [-0.3, -0.25) is 0 Å². The molecule has 3 N–H and O–H groups in total. The minimum atomic E-state index is -0.478. The van der Waals surface area contributed by atoms with E-state index >= 15 is 4.39 Å². The van der Waals surface area contributed by atoms with Gasteiger partial charge in [0.15, 0.2) is 0 Å². The molecule has 8 nitrogen and oxygen atoms in total. The van der Waals surface area contributed by atoms with Gasteiger partial charge in [0.05, 0.1) is 11.1 Å². The second-order valence-electron chi connectivity index (χ2n) is 7.79. The van der Waals surface area contributed by atoms with Crippen molar-refractivity contribution in [3.63, 3.8) is 0 Å². The maximum Gasteiger partial charge on any atom is 0.322 e. The lowest BCUT2D eigenvalue weighted by Crippen LogP contribution is -1.96. The molecule has 9 heteroatoms. The van der Waals surface area contributed by atoms with E-state index in [0.717, 1.165) is 22.6 Å². The molecule has 3 heterocycles. The Bertz CT molecular complexity index is 1510. The fourth-order valence-corrected chi connectivity index (χ4v) is 4.01. The summed E-state index contributed by atoms with van der Waals surface area (Å²) in [7, 11) is 3.73. The van der Waals surface area contributed by atoms with Gasteiger partial charge in [-0.05, 0) is 42.8 Å².